The van der Waals surface area contributed by atoms with Crippen molar-refractivity contribution < 1.29 is 4.39 Å². The van der Waals surface area contributed by atoms with Crippen molar-refractivity contribution in [1.29, 1.82) is 0 Å². The van der Waals surface area contributed by atoms with Gasteiger partial charge < -0.3 is 5.32 Å². The summed E-state index contributed by atoms with van der Waals surface area (Å²) in [6.45, 7) is 2.24. The molecule has 0 saturated heterocycles. The molecule has 1 rings (SSSR count). The van der Waals surface area contributed by atoms with E-state index in [0.717, 1.165) is 12.0 Å². The first-order valence-corrected chi connectivity index (χ1v) is 8.61. The van der Waals surface area contributed by atoms with E-state index in [1.54, 1.807) is 6.07 Å². The minimum Gasteiger partial charge on any atom is -0.313 e. The summed E-state index contributed by atoms with van der Waals surface area (Å²) in [5.41, 5.74) is 1.03. The average molecular weight is 344 g/mol. The normalized spacial score (nSPS) is 12.6. The highest BCUT2D eigenvalue weighted by Crippen LogP contribution is 2.29. The third-order valence-electron chi connectivity index (χ3n) is 3.80. The Labute approximate surface area is 131 Å². The molecule has 0 bridgehead atoms. The van der Waals surface area contributed by atoms with Gasteiger partial charge in [0.15, 0.2) is 0 Å². The number of benzene rings is 1. The van der Waals surface area contributed by atoms with Crippen LogP contribution in [0.1, 0.15) is 69.9 Å². The molecule has 1 unspecified atom stereocenters. The standard InChI is InChI=1S/C17H27BrFN/c1-3-4-5-6-7-8-9-13-16(20-2)14-11-10-12-15(19)17(14)18/h10-12,16,20H,3-9,13H2,1-2H3. The first kappa shape index (κ1) is 17.6. The molecule has 0 heterocycles. The van der Waals surface area contributed by atoms with Gasteiger partial charge in [-0.15, -0.1) is 0 Å². The van der Waals surface area contributed by atoms with Crippen molar-refractivity contribution in [2.75, 3.05) is 7.05 Å². The number of hydrogen-bond donors (Lipinski definition) is 1. The topological polar surface area (TPSA) is 12.0 Å². The first-order chi connectivity index (χ1) is 9.70. The maximum atomic E-state index is 13.6. The van der Waals surface area contributed by atoms with Crippen LogP contribution in [-0.2, 0) is 0 Å². The number of halogens is 2. The van der Waals surface area contributed by atoms with E-state index >= 15 is 0 Å². The van der Waals surface area contributed by atoms with Crippen molar-refractivity contribution >= 4 is 15.9 Å². The van der Waals surface area contributed by atoms with Crippen molar-refractivity contribution in [3.8, 4) is 0 Å². The van der Waals surface area contributed by atoms with E-state index in [0.29, 0.717) is 4.47 Å². The molecule has 0 saturated carbocycles. The van der Waals surface area contributed by atoms with Crippen LogP contribution in [0.15, 0.2) is 22.7 Å². The molecule has 0 spiro atoms. The SMILES string of the molecule is CCCCCCCCCC(NC)c1cccc(F)c1Br. The molecular weight excluding hydrogens is 317 g/mol. The Morgan fingerprint density at radius 3 is 2.40 bits per heavy atom. The summed E-state index contributed by atoms with van der Waals surface area (Å²) < 4.78 is 14.2. The molecule has 3 heteroatoms. The number of nitrogens with one attached hydrogen (secondary N) is 1. The average Bonchev–Trinajstić information content (AvgIpc) is 2.46. The molecule has 1 nitrogen and oxygen atoms in total. The van der Waals surface area contributed by atoms with E-state index in [1.165, 1.54) is 51.0 Å². The van der Waals surface area contributed by atoms with E-state index in [-0.39, 0.29) is 11.9 Å². The fourth-order valence-electron chi connectivity index (χ4n) is 2.55. The molecule has 1 atom stereocenters. The maximum Gasteiger partial charge on any atom is 0.137 e. The zero-order valence-corrected chi connectivity index (χ0v) is 14.3. The number of hydrogen-bond acceptors (Lipinski definition) is 1. The molecule has 0 fully saturated rings. The monoisotopic (exact) mass is 343 g/mol. The molecule has 0 aliphatic rings. The Bertz CT molecular complexity index is 381. The highest BCUT2D eigenvalue weighted by Gasteiger charge is 2.14. The van der Waals surface area contributed by atoms with Gasteiger partial charge in [0.2, 0.25) is 0 Å². The number of rotatable bonds is 10. The Morgan fingerprint density at radius 2 is 1.75 bits per heavy atom. The molecule has 0 aliphatic carbocycles. The molecule has 114 valence electrons. The molecule has 0 aromatic heterocycles. The van der Waals surface area contributed by atoms with Gasteiger partial charge in [-0.25, -0.2) is 4.39 Å². The van der Waals surface area contributed by atoms with Gasteiger partial charge in [-0.1, -0.05) is 64.0 Å². The van der Waals surface area contributed by atoms with Gasteiger partial charge in [0.05, 0.1) is 4.47 Å². The predicted molar refractivity (Wildman–Crippen MR) is 88.5 cm³/mol. The lowest BCUT2D eigenvalue weighted by Gasteiger charge is -2.18. The van der Waals surface area contributed by atoms with Gasteiger partial charge in [-0.05, 0) is 41.0 Å². The van der Waals surface area contributed by atoms with E-state index in [1.807, 2.05) is 13.1 Å². The molecule has 1 aromatic carbocycles. The summed E-state index contributed by atoms with van der Waals surface area (Å²) in [4.78, 5) is 0. The Hall–Kier alpha value is -0.410. The van der Waals surface area contributed by atoms with Gasteiger partial charge in [0, 0.05) is 6.04 Å². The number of unbranched alkanes of at least 4 members (excludes halogenated alkanes) is 6. The van der Waals surface area contributed by atoms with Gasteiger partial charge >= 0.3 is 0 Å². The van der Waals surface area contributed by atoms with Crippen molar-refractivity contribution in [2.24, 2.45) is 0 Å². The van der Waals surface area contributed by atoms with Gasteiger partial charge in [0.1, 0.15) is 5.82 Å². The minimum atomic E-state index is -0.178. The summed E-state index contributed by atoms with van der Waals surface area (Å²) in [6.07, 6.45) is 10.2. The second-order valence-corrected chi connectivity index (χ2v) is 6.19. The summed E-state index contributed by atoms with van der Waals surface area (Å²) >= 11 is 3.36. The van der Waals surface area contributed by atoms with Crippen LogP contribution in [-0.4, -0.2) is 7.05 Å². The first-order valence-electron chi connectivity index (χ1n) is 7.81. The van der Waals surface area contributed by atoms with E-state index < -0.39 is 0 Å². The van der Waals surface area contributed by atoms with Crippen LogP contribution in [0.4, 0.5) is 4.39 Å². The van der Waals surface area contributed by atoms with E-state index in [4.69, 9.17) is 0 Å². The molecule has 20 heavy (non-hydrogen) atoms. The van der Waals surface area contributed by atoms with Crippen LogP contribution in [0.3, 0.4) is 0 Å². The van der Waals surface area contributed by atoms with Gasteiger partial charge in [-0.2, -0.15) is 0 Å². The fraction of sp³-hybridized carbons (Fsp3) is 0.647. The molecule has 0 amide bonds. The maximum absolute atomic E-state index is 13.6. The summed E-state index contributed by atoms with van der Waals surface area (Å²) in [6, 6.07) is 5.50. The van der Waals surface area contributed by atoms with Crippen molar-refractivity contribution in [1.82, 2.24) is 5.32 Å². The zero-order chi connectivity index (χ0) is 14.8. The van der Waals surface area contributed by atoms with E-state index in [9.17, 15) is 4.39 Å². The van der Waals surface area contributed by atoms with E-state index in [2.05, 4.69) is 28.2 Å². The van der Waals surface area contributed by atoms with Crippen LogP contribution in [0.2, 0.25) is 0 Å². The fourth-order valence-corrected chi connectivity index (χ4v) is 3.09. The Morgan fingerprint density at radius 1 is 1.10 bits per heavy atom. The zero-order valence-electron chi connectivity index (χ0n) is 12.7. The van der Waals surface area contributed by atoms with Crippen molar-refractivity contribution in [2.45, 2.75) is 64.3 Å². The highest BCUT2D eigenvalue weighted by molar-refractivity contribution is 9.10. The van der Waals surface area contributed by atoms with Crippen LogP contribution in [0, 0.1) is 5.82 Å². The minimum absolute atomic E-state index is 0.178. The Balaban J connectivity index is 2.34. The van der Waals surface area contributed by atoms with Crippen LogP contribution >= 0.6 is 15.9 Å². The van der Waals surface area contributed by atoms with Crippen LogP contribution in [0.5, 0.6) is 0 Å². The summed E-state index contributed by atoms with van der Waals surface area (Å²) in [5, 5.41) is 3.30. The molecule has 1 aromatic rings. The lowest BCUT2D eigenvalue weighted by atomic mass is 9.99. The molecular formula is C17H27BrFN. The van der Waals surface area contributed by atoms with Crippen LogP contribution < -0.4 is 5.32 Å². The van der Waals surface area contributed by atoms with Gasteiger partial charge in [0.25, 0.3) is 0 Å². The van der Waals surface area contributed by atoms with Crippen molar-refractivity contribution in [3.63, 3.8) is 0 Å². The predicted octanol–water partition coefficient (Wildman–Crippen LogP) is 5.99. The highest BCUT2D eigenvalue weighted by atomic mass is 79.9. The molecule has 0 aliphatic heterocycles. The third-order valence-corrected chi connectivity index (χ3v) is 4.64. The van der Waals surface area contributed by atoms with Crippen molar-refractivity contribution in [3.05, 3.63) is 34.1 Å². The Kier molecular flexibility index (Phi) is 9.12. The smallest absolute Gasteiger partial charge is 0.137 e. The van der Waals surface area contributed by atoms with Gasteiger partial charge in [-0.3, -0.25) is 0 Å². The third kappa shape index (κ3) is 5.92. The lowest BCUT2D eigenvalue weighted by Crippen LogP contribution is -2.17. The largest absolute Gasteiger partial charge is 0.313 e. The summed E-state index contributed by atoms with van der Waals surface area (Å²) in [5.74, 6) is -0.178. The molecule has 1 N–H and O–H groups in total. The second-order valence-electron chi connectivity index (χ2n) is 5.39. The quantitative estimate of drug-likeness (QED) is 0.514. The van der Waals surface area contributed by atoms with Crippen LogP contribution in [0.25, 0.3) is 0 Å². The molecule has 0 radical (unpaired) electrons. The second kappa shape index (κ2) is 10.3. The lowest BCUT2D eigenvalue weighted by molar-refractivity contribution is 0.491. The summed E-state index contributed by atoms with van der Waals surface area (Å²) in [7, 11) is 1.95.